The lowest BCUT2D eigenvalue weighted by atomic mass is 9.71. The van der Waals surface area contributed by atoms with Crippen LogP contribution in [0, 0.1) is 11.8 Å². The maximum absolute atomic E-state index is 12.5. The summed E-state index contributed by atoms with van der Waals surface area (Å²) < 4.78 is 33.2. The molecule has 4 nitrogen and oxygen atoms in total. The van der Waals surface area contributed by atoms with Gasteiger partial charge in [0, 0.05) is 13.2 Å². The van der Waals surface area contributed by atoms with E-state index >= 15 is 0 Å². The molecule has 3 fully saturated rings. The van der Waals surface area contributed by atoms with E-state index in [1.165, 1.54) is 25.7 Å². The van der Waals surface area contributed by atoms with Crippen LogP contribution in [-0.2, 0) is 14.8 Å². The normalized spacial score (nSPS) is 38.6. The third-order valence-corrected chi connectivity index (χ3v) is 7.34. The summed E-state index contributed by atoms with van der Waals surface area (Å²) in [7, 11) is -3.15. The van der Waals surface area contributed by atoms with Gasteiger partial charge in [-0.05, 0) is 43.9 Å². The number of hydrogen-bond donors (Lipinski definition) is 1. The highest BCUT2D eigenvalue weighted by atomic mass is 32.2. The predicted molar refractivity (Wildman–Crippen MR) is 79.0 cm³/mol. The van der Waals surface area contributed by atoms with Crippen LogP contribution in [0.5, 0.6) is 0 Å². The molecule has 2 saturated carbocycles. The van der Waals surface area contributed by atoms with Gasteiger partial charge >= 0.3 is 0 Å². The summed E-state index contributed by atoms with van der Waals surface area (Å²) in [5.41, 5.74) is 0. The van der Waals surface area contributed by atoms with Gasteiger partial charge in [-0.2, -0.15) is 0 Å². The molecule has 0 aromatic carbocycles. The van der Waals surface area contributed by atoms with E-state index in [1.807, 2.05) is 0 Å². The van der Waals surface area contributed by atoms with Gasteiger partial charge in [-0.25, -0.2) is 13.1 Å². The van der Waals surface area contributed by atoms with Crippen LogP contribution in [0.15, 0.2) is 0 Å². The lowest BCUT2D eigenvalue weighted by Gasteiger charge is -2.39. The maximum Gasteiger partial charge on any atom is 0.214 e. The molecular weight excluding hydrogens is 274 g/mol. The Kier molecular flexibility index (Phi) is 4.68. The largest absolute Gasteiger partial charge is 0.377 e. The van der Waals surface area contributed by atoms with E-state index in [4.69, 9.17) is 4.74 Å². The first kappa shape index (κ1) is 14.8. The summed E-state index contributed by atoms with van der Waals surface area (Å²) in [4.78, 5) is 0. The van der Waals surface area contributed by atoms with Gasteiger partial charge in [0.25, 0.3) is 0 Å². The van der Waals surface area contributed by atoms with Crippen LogP contribution in [0.25, 0.3) is 0 Å². The molecule has 3 aliphatic rings. The number of nitrogens with one attached hydrogen (secondary N) is 1. The third-order valence-electron chi connectivity index (χ3n) is 5.47. The maximum atomic E-state index is 12.5. The molecule has 5 heteroatoms. The highest BCUT2D eigenvalue weighted by Gasteiger charge is 2.37. The molecule has 0 amide bonds. The lowest BCUT2D eigenvalue weighted by Crippen LogP contribution is -2.42. The SMILES string of the molecule is O=S(=O)(NC[C@@H]1CCCO1)C1CCC2CCCCC2C1. The predicted octanol–water partition coefficient (Wildman–Crippen LogP) is 2.44. The second-order valence-corrected chi connectivity index (χ2v) is 8.81. The second kappa shape index (κ2) is 6.32. The molecule has 0 aromatic heterocycles. The van der Waals surface area contributed by atoms with Gasteiger partial charge in [-0.15, -0.1) is 0 Å². The van der Waals surface area contributed by atoms with E-state index in [0.29, 0.717) is 12.5 Å². The smallest absolute Gasteiger partial charge is 0.214 e. The second-order valence-electron chi connectivity index (χ2n) is 6.77. The van der Waals surface area contributed by atoms with E-state index in [-0.39, 0.29) is 11.4 Å². The topological polar surface area (TPSA) is 55.4 Å². The minimum Gasteiger partial charge on any atom is -0.377 e. The Bertz CT molecular complexity index is 417. The van der Waals surface area contributed by atoms with Crippen molar-refractivity contribution >= 4 is 10.0 Å². The van der Waals surface area contributed by atoms with Gasteiger partial charge in [0.1, 0.15) is 0 Å². The van der Waals surface area contributed by atoms with E-state index < -0.39 is 10.0 Å². The van der Waals surface area contributed by atoms with Crippen molar-refractivity contribution in [3.05, 3.63) is 0 Å². The third kappa shape index (κ3) is 3.37. The molecule has 1 aliphatic heterocycles. The first-order valence-corrected chi connectivity index (χ1v) is 9.80. The number of hydrogen-bond acceptors (Lipinski definition) is 3. The highest BCUT2D eigenvalue weighted by molar-refractivity contribution is 7.90. The Morgan fingerprint density at radius 1 is 0.950 bits per heavy atom. The lowest BCUT2D eigenvalue weighted by molar-refractivity contribution is 0.114. The number of fused-ring (bicyclic) bond motifs is 1. The monoisotopic (exact) mass is 301 g/mol. The fourth-order valence-electron chi connectivity index (χ4n) is 4.24. The van der Waals surface area contributed by atoms with Gasteiger partial charge in [0.05, 0.1) is 11.4 Å². The molecule has 1 heterocycles. The van der Waals surface area contributed by atoms with Crippen LogP contribution < -0.4 is 4.72 Å². The Balaban J connectivity index is 1.54. The van der Waals surface area contributed by atoms with Crippen LogP contribution in [0.2, 0.25) is 0 Å². The minimum atomic E-state index is -3.15. The first-order valence-electron chi connectivity index (χ1n) is 8.25. The summed E-state index contributed by atoms with van der Waals surface area (Å²) >= 11 is 0. The Hall–Kier alpha value is -0.130. The van der Waals surface area contributed by atoms with Crippen molar-refractivity contribution in [3.63, 3.8) is 0 Å². The fourth-order valence-corrected chi connectivity index (χ4v) is 5.85. The molecule has 1 saturated heterocycles. The van der Waals surface area contributed by atoms with Gasteiger partial charge in [-0.3, -0.25) is 0 Å². The van der Waals surface area contributed by atoms with Gasteiger partial charge in [-0.1, -0.05) is 25.7 Å². The summed E-state index contributed by atoms with van der Waals surface area (Å²) in [6, 6.07) is 0. The molecule has 2 aliphatic carbocycles. The van der Waals surface area contributed by atoms with Crippen LogP contribution >= 0.6 is 0 Å². The molecule has 0 bridgehead atoms. The molecule has 0 spiro atoms. The summed E-state index contributed by atoms with van der Waals surface area (Å²) in [6.45, 7) is 1.24. The minimum absolute atomic E-state index is 0.0933. The average Bonchev–Trinajstić information content (AvgIpc) is 2.98. The molecule has 1 N–H and O–H groups in total. The van der Waals surface area contributed by atoms with E-state index in [2.05, 4.69) is 4.72 Å². The zero-order chi connectivity index (χ0) is 14.0. The molecule has 20 heavy (non-hydrogen) atoms. The van der Waals surface area contributed by atoms with Gasteiger partial charge < -0.3 is 4.74 Å². The molecule has 0 radical (unpaired) electrons. The van der Waals surface area contributed by atoms with Gasteiger partial charge in [0.2, 0.25) is 10.0 Å². The quantitative estimate of drug-likeness (QED) is 0.867. The average molecular weight is 301 g/mol. The molecule has 116 valence electrons. The van der Waals surface area contributed by atoms with Crippen LogP contribution in [0.1, 0.15) is 57.8 Å². The molecule has 4 atom stereocenters. The molecular formula is C15H27NO3S. The Morgan fingerprint density at radius 2 is 1.75 bits per heavy atom. The van der Waals surface area contributed by atoms with Crippen molar-refractivity contribution in [3.8, 4) is 0 Å². The van der Waals surface area contributed by atoms with Crippen molar-refractivity contribution < 1.29 is 13.2 Å². The highest BCUT2D eigenvalue weighted by Crippen LogP contribution is 2.42. The zero-order valence-electron chi connectivity index (χ0n) is 12.2. The van der Waals surface area contributed by atoms with Crippen molar-refractivity contribution in [2.75, 3.05) is 13.2 Å². The van der Waals surface area contributed by atoms with Crippen molar-refractivity contribution in [1.82, 2.24) is 4.72 Å². The molecule has 3 rings (SSSR count). The first-order chi connectivity index (χ1) is 9.65. The standard InChI is InChI=1S/C15H27NO3S/c17-20(18,16-11-14-6-3-9-19-14)15-8-7-12-4-1-2-5-13(12)10-15/h12-16H,1-11H2/t12?,13?,14-,15?/m0/s1. The number of sulfonamides is 1. The van der Waals surface area contributed by atoms with Crippen molar-refractivity contribution in [2.24, 2.45) is 11.8 Å². The van der Waals surface area contributed by atoms with Crippen molar-refractivity contribution in [2.45, 2.75) is 69.1 Å². The Morgan fingerprint density at radius 3 is 2.50 bits per heavy atom. The van der Waals surface area contributed by atoms with Crippen LogP contribution in [-0.4, -0.2) is 32.9 Å². The van der Waals surface area contributed by atoms with Gasteiger partial charge in [0.15, 0.2) is 0 Å². The molecule has 0 aromatic rings. The van der Waals surface area contributed by atoms with E-state index in [9.17, 15) is 8.42 Å². The van der Waals surface area contributed by atoms with Crippen molar-refractivity contribution in [1.29, 1.82) is 0 Å². The van der Waals surface area contributed by atoms with Crippen LogP contribution in [0.3, 0.4) is 0 Å². The zero-order valence-corrected chi connectivity index (χ0v) is 13.0. The number of rotatable bonds is 4. The molecule has 3 unspecified atom stereocenters. The van der Waals surface area contributed by atoms with E-state index in [1.54, 1.807) is 0 Å². The van der Waals surface area contributed by atoms with Crippen LogP contribution in [0.4, 0.5) is 0 Å². The summed E-state index contributed by atoms with van der Waals surface area (Å²) in [5.74, 6) is 1.45. The van der Waals surface area contributed by atoms with E-state index in [0.717, 1.165) is 44.6 Å². The number of ether oxygens (including phenoxy) is 1. The Labute approximate surface area is 122 Å². The summed E-state index contributed by atoms with van der Waals surface area (Å²) in [5, 5.41) is -0.164. The fraction of sp³-hybridized carbons (Fsp3) is 1.00. The summed E-state index contributed by atoms with van der Waals surface area (Å²) in [6.07, 6.45) is 10.2.